The fraction of sp³-hybridized carbons (Fsp3) is 0. The quantitative estimate of drug-likeness (QED) is 0.503. The lowest BCUT2D eigenvalue weighted by molar-refractivity contribution is 0.461. The zero-order valence-electron chi connectivity index (χ0n) is 15.1. The van der Waals surface area contributed by atoms with Crippen LogP contribution in [0, 0.1) is 11.6 Å². The SMILES string of the molecule is O=S(=O)(Nc1ccc(Oc2cc(-n3ccnc3)ncn2)cc1)c1cc(F)ccc1F. The second kappa shape index (κ2) is 7.87. The zero-order chi connectivity index (χ0) is 21.1. The lowest BCUT2D eigenvalue weighted by Gasteiger charge is -2.10. The number of benzene rings is 2. The Morgan fingerprint density at radius 2 is 1.80 bits per heavy atom. The van der Waals surface area contributed by atoms with Crippen LogP contribution in [0.5, 0.6) is 11.6 Å². The second-order valence-corrected chi connectivity index (χ2v) is 7.64. The van der Waals surface area contributed by atoms with Gasteiger partial charge in [0.15, 0.2) is 0 Å². The number of nitrogens with one attached hydrogen (secondary N) is 1. The van der Waals surface area contributed by atoms with Crippen LogP contribution in [-0.4, -0.2) is 27.9 Å². The van der Waals surface area contributed by atoms with Crippen molar-refractivity contribution in [1.82, 2.24) is 19.5 Å². The molecule has 0 saturated heterocycles. The summed E-state index contributed by atoms with van der Waals surface area (Å²) in [5, 5.41) is 0. The summed E-state index contributed by atoms with van der Waals surface area (Å²) in [6.07, 6.45) is 6.24. The third-order valence-electron chi connectivity index (χ3n) is 3.91. The van der Waals surface area contributed by atoms with Crippen LogP contribution in [-0.2, 0) is 10.0 Å². The number of hydrogen-bond donors (Lipinski definition) is 1. The average Bonchev–Trinajstić information content (AvgIpc) is 3.26. The fourth-order valence-corrected chi connectivity index (χ4v) is 3.68. The molecule has 0 aliphatic carbocycles. The van der Waals surface area contributed by atoms with E-state index >= 15 is 0 Å². The van der Waals surface area contributed by atoms with Gasteiger partial charge in [-0.05, 0) is 42.5 Å². The van der Waals surface area contributed by atoms with E-state index in [1.54, 1.807) is 29.4 Å². The molecule has 0 amide bonds. The Morgan fingerprint density at radius 3 is 2.53 bits per heavy atom. The van der Waals surface area contributed by atoms with Gasteiger partial charge in [0.1, 0.15) is 40.8 Å². The molecule has 1 N–H and O–H groups in total. The van der Waals surface area contributed by atoms with Gasteiger partial charge in [-0.15, -0.1) is 0 Å². The second-order valence-electron chi connectivity index (χ2n) is 5.99. The van der Waals surface area contributed by atoms with E-state index in [1.807, 2.05) is 0 Å². The van der Waals surface area contributed by atoms with E-state index in [9.17, 15) is 17.2 Å². The van der Waals surface area contributed by atoms with Gasteiger partial charge >= 0.3 is 0 Å². The minimum atomic E-state index is -4.30. The van der Waals surface area contributed by atoms with Crippen molar-refractivity contribution >= 4 is 15.7 Å². The molecule has 2 aromatic carbocycles. The number of anilines is 1. The maximum absolute atomic E-state index is 13.8. The zero-order valence-corrected chi connectivity index (χ0v) is 15.9. The van der Waals surface area contributed by atoms with Crippen molar-refractivity contribution in [2.24, 2.45) is 0 Å². The van der Waals surface area contributed by atoms with Gasteiger partial charge in [0.2, 0.25) is 5.88 Å². The Bertz CT molecular complexity index is 1280. The first-order valence-corrected chi connectivity index (χ1v) is 9.95. The summed E-state index contributed by atoms with van der Waals surface area (Å²) in [6.45, 7) is 0. The van der Waals surface area contributed by atoms with Crippen LogP contribution in [0.2, 0.25) is 0 Å². The summed E-state index contributed by atoms with van der Waals surface area (Å²) in [7, 11) is -4.30. The standard InChI is InChI=1S/C19H13F2N5O3S/c20-13-1-6-16(21)17(9-13)30(27,28)25-14-2-4-15(5-3-14)29-19-10-18(23-11-24-19)26-8-7-22-12-26/h1-12,25H. The first-order chi connectivity index (χ1) is 14.4. The van der Waals surface area contributed by atoms with E-state index in [4.69, 9.17) is 4.74 Å². The highest BCUT2D eigenvalue weighted by molar-refractivity contribution is 7.92. The van der Waals surface area contributed by atoms with E-state index in [1.165, 1.54) is 30.6 Å². The molecule has 0 spiro atoms. The van der Waals surface area contributed by atoms with Gasteiger partial charge in [-0.25, -0.2) is 32.2 Å². The highest BCUT2D eigenvalue weighted by atomic mass is 32.2. The number of aromatic nitrogens is 4. The average molecular weight is 429 g/mol. The van der Waals surface area contributed by atoms with Crippen LogP contribution >= 0.6 is 0 Å². The molecule has 0 bridgehead atoms. The predicted molar refractivity (Wildman–Crippen MR) is 103 cm³/mol. The van der Waals surface area contributed by atoms with Gasteiger partial charge in [0, 0.05) is 24.1 Å². The monoisotopic (exact) mass is 429 g/mol. The Labute approximate surface area is 169 Å². The van der Waals surface area contributed by atoms with Crippen molar-refractivity contribution in [3.8, 4) is 17.4 Å². The van der Waals surface area contributed by atoms with E-state index < -0.39 is 26.6 Å². The molecule has 8 nitrogen and oxygen atoms in total. The fourth-order valence-electron chi connectivity index (χ4n) is 2.53. The van der Waals surface area contributed by atoms with Crippen molar-refractivity contribution in [2.75, 3.05) is 4.72 Å². The van der Waals surface area contributed by atoms with Crippen LogP contribution in [0.1, 0.15) is 0 Å². The summed E-state index contributed by atoms with van der Waals surface area (Å²) in [4.78, 5) is 11.3. The molecule has 0 unspecified atom stereocenters. The molecular weight excluding hydrogens is 416 g/mol. The largest absolute Gasteiger partial charge is 0.439 e. The van der Waals surface area contributed by atoms with E-state index in [-0.39, 0.29) is 11.6 Å². The van der Waals surface area contributed by atoms with E-state index in [0.29, 0.717) is 17.6 Å². The number of sulfonamides is 1. The van der Waals surface area contributed by atoms with Crippen molar-refractivity contribution in [3.63, 3.8) is 0 Å². The van der Waals surface area contributed by atoms with Crippen molar-refractivity contribution in [2.45, 2.75) is 4.90 Å². The van der Waals surface area contributed by atoms with Gasteiger partial charge in [0.05, 0.1) is 0 Å². The molecule has 0 aliphatic rings. The summed E-state index contributed by atoms with van der Waals surface area (Å²) < 4.78 is 61.3. The summed E-state index contributed by atoms with van der Waals surface area (Å²) in [6, 6.07) is 9.64. The topological polar surface area (TPSA) is 99.0 Å². The predicted octanol–water partition coefficient (Wildman–Crippen LogP) is 3.53. The number of hydrogen-bond acceptors (Lipinski definition) is 6. The highest BCUT2D eigenvalue weighted by Gasteiger charge is 2.20. The Kier molecular flexibility index (Phi) is 5.11. The van der Waals surface area contributed by atoms with Crippen LogP contribution < -0.4 is 9.46 Å². The van der Waals surface area contributed by atoms with Crippen LogP contribution in [0.4, 0.5) is 14.5 Å². The molecule has 4 aromatic rings. The summed E-state index contributed by atoms with van der Waals surface area (Å²) >= 11 is 0. The number of rotatable bonds is 6. The normalized spacial score (nSPS) is 11.3. The first-order valence-electron chi connectivity index (χ1n) is 8.47. The van der Waals surface area contributed by atoms with Gasteiger partial charge in [-0.3, -0.25) is 9.29 Å². The molecule has 2 aromatic heterocycles. The number of halogens is 2. The molecule has 2 heterocycles. The van der Waals surface area contributed by atoms with Crippen molar-refractivity contribution < 1.29 is 21.9 Å². The summed E-state index contributed by atoms with van der Waals surface area (Å²) in [5.41, 5.74) is 0.146. The third kappa shape index (κ3) is 4.25. The van der Waals surface area contributed by atoms with Crippen LogP contribution in [0.3, 0.4) is 0 Å². The molecule has 0 saturated carbocycles. The number of nitrogens with zero attached hydrogens (tertiary/aromatic N) is 4. The van der Waals surface area contributed by atoms with E-state index in [0.717, 1.165) is 12.1 Å². The minimum absolute atomic E-state index is 0.146. The van der Waals surface area contributed by atoms with E-state index in [2.05, 4.69) is 19.7 Å². The maximum Gasteiger partial charge on any atom is 0.264 e. The van der Waals surface area contributed by atoms with Crippen LogP contribution in [0.15, 0.2) is 78.5 Å². The number of imidazole rings is 1. The molecule has 0 aliphatic heterocycles. The van der Waals surface area contributed by atoms with Crippen LogP contribution in [0.25, 0.3) is 5.82 Å². The lowest BCUT2D eigenvalue weighted by atomic mass is 10.3. The highest BCUT2D eigenvalue weighted by Crippen LogP contribution is 2.24. The first kappa shape index (κ1) is 19.5. The van der Waals surface area contributed by atoms with Gasteiger partial charge in [0.25, 0.3) is 10.0 Å². The third-order valence-corrected chi connectivity index (χ3v) is 5.30. The van der Waals surface area contributed by atoms with Gasteiger partial charge < -0.3 is 4.74 Å². The summed E-state index contributed by atoms with van der Waals surface area (Å²) in [5.74, 6) is -0.713. The van der Waals surface area contributed by atoms with Crippen molar-refractivity contribution in [1.29, 1.82) is 0 Å². The maximum atomic E-state index is 13.8. The molecule has 152 valence electrons. The van der Waals surface area contributed by atoms with Gasteiger partial charge in [-0.2, -0.15) is 0 Å². The lowest BCUT2D eigenvalue weighted by Crippen LogP contribution is -2.14. The van der Waals surface area contributed by atoms with Crippen molar-refractivity contribution in [3.05, 3.63) is 85.2 Å². The molecule has 0 fully saturated rings. The van der Waals surface area contributed by atoms with Gasteiger partial charge in [-0.1, -0.05) is 0 Å². The molecule has 0 radical (unpaired) electrons. The minimum Gasteiger partial charge on any atom is -0.439 e. The number of ether oxygens (including phenoxy) is 1. The smallest absolute Gasteiger partial charge is 0.264 e. The molecule has 11 heteroatoms. The Hall–Kier alpha value is -3.86. The molecule has 4 rings (SSSR count). The Balaban J connectivity index is 1.50. The molecule has 30 heavy (non-hydrogen) atoms. The molecular formula is C19H13F2N5O3S. The Morgan fingerprint density at radius 1 is 1.00 bits per heavy atom. The molecule has 0 atom stereocenters.